The maximum absolute atomic E-state index is 13.8. The molecular formula is C19H16ClFN4O2. The van der Waals surface area contributed by atoms with Gasteiger partial charge in [0.1, 0.15) is 5.82 Å². The Kier molecular flexibility index (Phi) is 5.23. The maximum Gasteiger partial charge on any atom is 0.258 e. The Hall–Kier alpha value is -3.19. The number of amides is 2. The molecule has 0 spiro atoms. The van der Waals surface area contributed by atoms with Crippen LogP contribution < -0.4 is 11.1 Å². The highest BCUT2D eigenvalue weighted by Crippen LogP contribution is 2.20. The normalized spacial score (nSPS) is 10.6. The third-order valence-electron chi connectivity index (χ3n) is 4.01. The van der Waals surface area contributed by atoms with Crippen LogP contribution in [0.2, 0.25) is 5.02 Å². The quantitative estimate of drug-likeness (QED) is 0.702. The Labute approximate surface area is 159 Å². The summed E-state index contributed by atoms with van der Waals surface area (Å²) in [4.78, 5) is 23.7. The molecule has 0 bridgehead atoms. The first-order valence-corrected chi connectivity index (χ1v) is 8.52. The lowest BCUT2D eigenvalue weighted by Crippen LogP contribution is -2.14. The van der Waals surface area contributed by atoms with Gasteiger partial charge in [-0.15, -0.1) is 0 Å². The summed E-state index contributed by atoms with van der Waals surface area (Å²) in [6, 6.07) is 10.6. The summed E-state index contributed by atoms with van der Waals surface area (Å²) in [7, 11) is 0. The highest BCUT2D eigenvalue weighted by atomic mass is 35.5. The summed E-state index contributed by atoms with van der Waals surface area (Å²) in [6.07, 6.45) is 2.01. The average Bonchev–Trinajstić information content (AvgIpc) is 3.06. The van der Waals surface area contributed by atoms with E-state index in [1.54, 1.807) is 28.9 Å². The van der Waals surface area contributed by atoms with Crippen LogP contribution in [0.25, 0.3) is 5.69 Å². The molecular weight excluding hydrogens is 371 g/mol. The van der Waals surface area contributed by atoms with E-state index in [-0.39, 0.29) is 10.6 Å². The van der Waals surface area contributed by atoms with Gasteiger partial charge in [0.25, 0.3) is 11.8 Å². The molecule has 8 heteroatoms. The van der Waals surface area contributed by atoms with Crippen LogP contribution in [0.5, 0.6) is 0 Å². The molecule has 0 atom stereocenters. The van der Waals surface area contributed by atoms with Gasteiger partial charge < -0.3 is 11.1 Å². The zero-order valence-corrected chi connectivity index (χ0v) is 15.1. The minimum absolute atomic E-state index is 0.102. The predicted molar refractivity (Wildman–Crippen MR) is 101 cm³/mol. The Morgan fingerprint density at radius 1 is 1.19 bits per heavy atom. The number of primary amides is 1. The van der Waals surface area contributed by atoms with Crippen LogP contribution in [0.15, 0.2) is 48.7 Å². The van der Waals surface area contributed by atoms with Gasteiger partial charge in [0, 0.05) is 10.7 Å². The molecule has 3 aromatic rings. The second kappa shape index (κ2) is 7.59. The molecule has 0 saturated carbocycles. The van der Waals surface area contributed by atoms with E-state index in [4.69, 9.17) is 17.3 Å². The molecule has 0 aliphatic heterocycles. The smallest absolute Gasteiger partial charge is 0.258 e. The number of nitrogens with two attached hydrogens (primary N) is 1. The Morgan fingerprint density at radius 3 is 2.48 bits per heavy atom. The van der Waals surface area contributed by atoms with Crippen molar-refractivity contribution >= 4 is 29.1 Å². The number of rotatable bonds is 5. The van der Waals surface area contributed by atoms with E-state index in [0.29, 0.717) is 29.1 Å². The van der Waals surface area contributed by atoms with Crippen LogP contribution in [0.1, 0.15) is 33.3 Å². The van der Waals surface area contributed by atoms with Gasteiger partial charge in [-0.3, -0.25) is 9.59 Å². The van der Waals surface area contributed by atoms with Crippen LogP contribution in [-0.2, 0) is 6.42 Å². The van der Waals surface area contributed by atoms with E-state index >= 15 is 0 Å². The fourth-order valence-electron chi connectivity index (χ4n) is 2.70. The maximum atomic E-state index is 13.8. The highest BCUT2D eigenvalue weighted by Gasteiger charge is 2.15. The largest absolute Gasteiger partial charge is 0.365 e. The van der Waals surface area contributed by atoms with E-state index in [2.05, 4.69) is 10.4 Å². The minimum Gasteiger partial charge on any atom is -0.365 e. The van der Waals surface area contributed by atoms with Gasteiger partial charge in [-0.2, -0.15) is 5.10 Å². The van der Waals surface area contributed by atoms with Crippen molar-refractivity contribution in [1.82, 2.24) is 9.78 Å². The lowest BCUT2D eigenvalue weighted by atomic mass is 10.2. The van der Waals surface area contributed by atoms with Crippen molar-refractivity contribution in [1.29, 1.82) is 0 Å². The fourth-order valence-corrected chi connectivity index (χ4v) is 2.86. The number of hydrogen-bond donors (Lipinski definition) is 2. The zero-order chi connectivity index (χ0) is 19.6. The van der Waals surface area contributed by atoms with Crippen molar-refractivity contribution < 1.29 is 14.0 Å². The molecule has 0 aliphatic carbocycles. The molecule has 2 aromatic carbocycles. The summed E-state index contributed by atoms with van der Waals surface area (Å²) in [5.41, 5.74) is 7.51. The van der Waals surface area contributed by atoms with Crippen molar-refractivity contribution in [3.63, 3.8) is 0 Å². The Bertz CT molecular complexity index is 1020. The molecule has 6 nitrogen and oxygen atoms in total. The molecule has 2 amide bonds. The molecule has 3 rings (SSSR count). The van der Waals surface area contributed by atoms with Crippen LogP contribution in [-0.4, -0.2) is 21.6 Å². The first-order chi connectivity index (χ1) is 12.9. The first-order valence-electron chi connectivity index (χ1n) is 8.14. The lowest BCUT2D eigenvalue weighted by molar-refractivity contribution is 0.0996. The van der Waals surface area contributed by atoms with Gasteiger partial charge in [-0.25, -0.2) is 9.07 Å². The summed E-state index contributed by atoms with van der Waals surface area (Å²) in [5.74, 6) is -1.81. The SMILES string of the molecule is CCc1c(C(N)=O)cnn1-c1ccc(NC(=O)c2ccc(Cl)cc2F)cc1. The lowest BCUT2D eigenvalue weighted by Gasteiger charge is -2.10. The topological polar surface area (TPSA) is 90.0 Å². The molecule has 0 unspecified atom stereocenters. The molecule has 0 radical (unpaired) electrons. The highest BCUT2D eigenvalue weighted by molar-refractivity contribution is 6.30. The van der Waals surface area contributed by atoms with Gasteiger partial charge in [0.15, 0.2) is 0 Å². The number of nitrogens with zero attached hydrogens (tertiary/aromatic N) is 2. The number of halogens is 2. The van der Waals surface area contributed by atoms with E-state index < -0.39 is 17.6 Å². The van der Waals surface area contributed by atoms with Gasteiger partial charge in [-0.1, -0.05) is 18.5 Å². The average molecular weight is 387 g/mol. The third kappa shape index (κ3) is 3.83. The number of nitrogens with one attached hydrogen (secondary N) is 1. The molecule has 0 aliphatic rings. The second-order valence-electron chi connectivity index (χ2n) is 5.76. The molecule has 0 fully saturated rings. The monoisotopic (exact) mass is 386 g/mol. The van der Waals surface area contributed by atoms with Crippen LogP contribution in [0, 0.1) is 5.82 Å². The van der Waals surface area contributed by atoms with Gasteiger partial charge in [0.05, 0.1) is 28.7 Å². The van der Waals surface area contributed by atoms with Crippen molar-refractivity contribution in [3.05, 3.63) is 76.3 Å². The van der Waals surface area contributed by atoms with Crippen molar-refractivity contribution in [2.75, 3.05) is 5.32 Å². The predicted octanol–water partition coefficient (Wildman–Crippen LogP) is 3.58. The van der Waals surface area contributed by atoms with E-state index in [9.17, 15) is 14.0 Å². The summed E-state index contributed by atoms with van der Waals surface area (Å²) in [5, 5.41) is 7.04. The number of anilines is 1. The number of carbonyl (C=O) groups is 2. The van der Waals surface area contributed by atoms with Crippen molar-refractivity contribution in [3.8, 4) is 5.69 Å². The van der Waals surface area contributed by atoms with Gasteiger partial charge in [-0.05, 0) is 48.9 Å². The molecule has 27 heavy (non-hydrogen) atoms. The number of aromatic nitrogens is 2. The van der Waals surface area contributed by atoms with Crippen LogP contribution in [0.4, 0.5) is 10.1 Å². The Morgan fingerprint density at radius 2 is 1.89 bits per heavy atom. The second-order valence-corrected chi connectivity index (χ2v) is 6.20. The number of benzene rings is 2. The minimum atomic E-state index is -0.695. The van der Waals surface area contributed by atoms with Gasteiger partial charge >= 0.3 is 0 Å². The van der Waals surface area contributed by atoms with E-state index in [1.165, 1.54) is 18.3 Å². The third-order valence-corrected chi connectivity index (χ3v) is 4.25. The van der Waals surface area contributed by atoms with Gasteiger partial charge in [0.2, 0.25) is 0 Å². The zero-order valence-electron chi connectivity index (χ0n) is 14.4. The molecule has 138 valence electrons. The van der Waals surface area contributed by atoms with E-state index in [1.807, 2.05) is 6.92 Å². The summed E-state index contributed by atoms with van der Waals surface area (Å²) in [6.45, 7) is 1.90. The molecule has 1 heterocycles. The molecule has 3 N–H and O–H groups in total. The van der Waals surface area contributed by atoms with Crippen molar-refractivity contribution in [2.24, 2.45) is 5.73 Å². The summed E-state index contributed by atoms with van der Waals surface area (Å²) < 4.78 is 15.5. The first kappa shape index (κ1) is 18.6. The standard InChI is InChI=1S/C19H16ClFN4O2/c1-2-17-15(18(22)26)10-23-25(17)13-6-4-12(5-7-13)24-19(27)14-8-3-11(20)9-16(14)21/h3-10H,2H2,1H3,(H2,22,26)(H,24,27). The van der Waals surface area contributed by atoms with Crippen molar-refractivity contribution in [2.45, 2.75) is 13.3 Å². The molecule has 1 aromatic heterocycles. The van der Waals surface area contributed by atoms with Crippen LogP contribution in [0.3, 0.4) is 0 Å². The van der Waals surface area contributed by atoms with Crippen LogP contribution >= 0.6 is 11.6 Å². The number of carbonyl (C=O) groups excluding carboxylic acids is 2. The molecule has 0 saturated heterocycles. The fraction of sp³-hybridized carbons (Fsp3) is 0.105. The van der Waals surface area contributed by atoms with E-state index in [0.717, 1.165) is 6.07 Å². The Balaban J connectivity index is 1.82. The summed E-state index contributed by atoms with van der Waals surface area (Å²) >= 11 is 5.69. The number of hydrogen-bond acceptors (Lipinski definition) is 3.